The van der Waals surface area contributed by atoms with Crippen LogP contribution in [-0.2, 0) is 0 Å². The van der Waals surface area contributed by atoms with E-state index >= 15 is 0 Å². The summed E-state index contributed by atoms with van der Waals surface area (Å²) in [6.07, 6.45) is 2.36. The first kappa shape index (κ1) is 8.91. The lowest BCUT2D eigenvalue weighted by atomic mass is 10.3. The average molecular weight is 221 g/mol. The Bertz CT molecular complexity index is 498. The summed E-state index contributed by atoms with van der Waals surface area (Å²) in [4.78, 5) is 5.53. The number of aromatic nitrogens is 2. The maximum atomic E-state index is 5.87. The molecule has 2 aromatic heterocycles. The van der Waals surface area contributed by atoms with E-state index in [9.17, 15) is 0 Å². The molecule has 0 aromatic carbocycles. The number of nitrogen functional groups attached to an aromatic ring is 1. The van der Waals surface area contributed by atoms with E-state index in [2.05, 4.69) is 10.1 Å². The van der Waals surface area contributed by atoms with Crippen LogP contribution in [0.1, 0.15) is 29.5 Å². The number of aryl methyl sites for hydroxylation is 1. The Hall–Kier alpha value is -1.36. The van der Waals surface area contributed by atoms with Gasteiger partial charge in [-0.3, -0.25) is 0 Å². The molecule has 4 nitrogen and oxygen atoms in total. The van der Waals surface area contributed by atoms with Crippen LogP contribution in [0.3, 0.4) is 0 Å². The van der Waals surface area contributed by atoms with Gasteiger partial charge in [0.05, 0.1) is 10.6 Å². The Balaban J connectivity index is 2.00. The summed E-state index contributed by atoms with van der Waals surface area (Å²) in [6, 6.07) is 1.99. The molecule has 5 heteroatoms. The maximum absolute atomic E-state index is 5.87. The van der Waals surface area contributed by atoms with Crippen LogP contribution in [-0.4, -0.2) is 10.1 Å². The molecule has 3 rings (SSSR count). The number of nitrogens with zero attached hydrogens (tertiary/aromatic N) is 2. The lowest BCUT2D eigenvalue weighted by molar-refractivity contribution is 0.423. The minimum atomic E-state index is 0.517. The van der Waals surface area contributed by atoms with Crippen LogP contribution in [0.4, 0.5) is 5.00 Å². The molecule has 0 atom stereocenters. The lowest BCUT2D eigenvalue weighted by Crippen LogP contribution is -1.84. The second-order valence-corrected chi connectivity index (χ2v) is 5.15. The zero-order chi connectivity index (χ0) is 10.4. The van der Waals surface area contributed by atoms with Crippen LogP contribution in [0.2, 0.25) is 0 Å². The monoisotopic (exact) mass is 221 g/mol. The Labute approximate surface area is 91.1 Å². The molecule has 1 aliphatic rings. The fraction of sp³-hybridized carbons (Fsp3) is 0.400. The van der Waals surface area contributed by atoms with Crippen molar-refractivity contribution >= 4 is 16.3 Å². The topological polar surface area (TPSA) is 64.9 Å². The predicted molar refractivity (Wildman–Crippen MR) is 58.7 cm³/mol. The van der Waals surface area contributed by atoms with Crippen LogP contribution in [0.15, 0.2) is 10.6 Å². The number of hydrogen-bond donors (Lipinski definition) is 1. The van der Waals surface area contributed by atoms with Crippen LogP contribution in [0.5, 0.6) is 0 Å². The largest absolute Gasteiger partial charge is 0.390 e. The highest BCUT2D eigenvalue weighted by atomic mass is 32.1. The molecule has 78 valence electrons. The zero-order valence-corrected chi connectivity index (χ0v) is 9.17. The fourth-order valence-corrected chi connectivity index (χ4v) is 2.33. The van der Waals surface area contributed by atoms with Gasteiger partial charge in [0, 0.05) is 10.8 Å². The molecule has 0 saturated heterocycles. The highest BCUT2D eigenvalue weighted by Gasteiger charge is 2.29. The Morgan fingerprint density at radius 2 is 2.33 bits per heavy atom. The van der Waals surface area contributed by atoms with Crippen LogP contribution >= 0.6 is 11.3 Å². The SMILES string of the molecule is Cc1cc(-c2nc(C3CC3)no2)c(N)s1. The maximum Gasteiger partial charge on any atom is 0.260 e. The highest BCUT2D eigenvalue weighted by Crippen LogP contribution is 2.40. The third kappa shape index (κ3) is 1.52. The molecule has 0 spiro atoms. The van der Waals surface area contributed by atoms with Crippen molar-refractivity contribution in [1.82, 2.24) is 10.1 Å². The summed E-state index contributed by atoms with van der Waals surface area (Å²) in [6.45, 7) is 2.02. The first-order valence-electron chi connectivity index (χ1n) is 4.94. The normalized spacial score (nSPS) is 15.8. The van der Waals surface area contributed by atoms with Gasteiger partial charge in [-0.25, -0.2) is 0 Å². The standard InChI is InChI=1S/C10H11N3OS/c1-5-4-7(8(11)15-5)10-12-9(13-14-10)6-2-3-6/h4,6H,2-3,11H2,1H3. The van der Waals surface area contributed by atoms with E-state index in [1.54, 1.807) is 11.3 Å². The van der Waals surface area contributed by atoms with E-state index in [0.29, 0.717) is 11.8 Å². The van der Waals surface area contributed by atoms with Gasteiger partial charge in [-0.1, -0.05) is 5.16 Å². The van der Waals surface area contributed by atoms with Crippen molar-refractivity contribution in [2.24, 2.45) is 0 Å². The summed E-state index contributed by atoms with van der Waals surface area (Å²) >= 11 is 1.55. The van der Waals surface area contributed by atoms with Gasteiger partial charge in [-0.2, -0.15) is 4.98 Å². The molecule has 0 aliphatic heterocycles. The summed E-state index contributed by atoms with van der Waals surface area (Å²) in [5.41, 5.74) is 6.74. The van der Waals surface area contributed by atoms with E-state index in [4.69, 9.17) is 10.3 Å². The third-order valence-electron chi connectivity index (χ3n) is 2.50. The number of rotatable bonds is 2. The van der Waals surface area contributed by atoms with Gasteiger partial charge in [0.2, 0.25) is 0 Å². The molecule has 0 amide bonds. The molecule has 0 bridgehead atoms. The summed E-state index contributed by atoms with van der Waals surface area (Å²) < 4.78 is 5.21. The quantitative estimate of drug-likeness (QED) is 0.846. The molecular formula is C10H11N3OS. The van der Waals surface area contributed by atoms with Gasteiger partial charge in [0.1, 0.15) is 0 Å². The van der Waals surface area contributed by atoms with Crippen molar-refractivity contribution in [3.63, 3.8) is 0 Å². The molecule has 0 radical (unpaired) electrons. The number of anilines is 1. The van der Waals surface area contributed by atoms with Crippen molar-refractivity contribution in [3.05, 3.63) is 16.8 Å². The molecule has 1 fully saturated rings. The Morgan fingerprint density at radius 1 is 1.53 bits per heavy atom. The lowest BCUT2D eigenvalue weighted by Gasteiger charge is -1.88. The Morgan fingerprint density at radius 3 is 2.93 bits per heavy atom. The minimum Gasteiger partial charge on any atom is -0.390 e. The van der Waals surface area contributed by atoms with Gasteiger partial charge >= 0.3 is 0 Å². The highest BCUT2D eigenvalue weighted by molar-refractivity contribution is 7.16. The first-order valence-corrected chi connectivity index (χ1v) is 5.75. The third-order valence-corrected chi connectivity index (χ3v) is 3.38. The van der Waals surface area contributed by atoms with Crippen molar-refractivity contribution in [1.29, 1.82) is 0 Å². The Kier molecular flexibility index (Phi) is 1.82. The second kappa shape index (κ2) is 3.06. The van der Waals surface area contributed by atoms with Crippen molar-refractivity contribution in [2.45, 2.75) is 25.7 Å². The second-order valence-electron chi connectivity index (χ2n) is 3.87. The number of hydrogen-bond acceptors (Lipinski definition) is 5. The van der Waals surface area contributed by atoms with E-state index in [-0.39, 0.29) is 0 Å². The van der Waals surface area contributed by atoms with Crippen molar-refractivity contribution in [2.75, 3.05) is 5.73 Å². The van der Waals surface area contributed by atoms with Crippen molar-refractivity contribution < 1.29 is 4.52 Å². The van der Waals surface area contributed by atoms with E-state index in [0.717, 1.165) is 21.3 Å². The zero-order valence-electron chi connectivity index (χ0n) is 8.36. The van der Waals surface area contributed by atoms with Gasteiger partial charge in [-0.05, 0) is 25.8 Å². The number of thiophene rings is 1. The predicted octanol–water partition coefficient (Wildman–Crippen LogP) is 2.57. The molecule has 1 saturated carbocycles. The van der Waals surface area contributed by atoms with Crippen LogP contribution in [0, 0.1) is 6.92 Å². The first-order chi connectivity index (χ1) is 7.24. The van der Waals surface area contributed by atoms with Crippen molar-refractivity contribution in [3.8, 4) is 11.5 Å². The molecule has 15 heavy (non-hydrogen) atoms. The summed E-state index contributed by atoms with van der Waals surface area (Å²) in [5, 5.41) is 4.72. The summed E-state index contributed by atoms with van der Waals surface area (Å²) in [5.74, 6) is 1.90. The molecular weight excluding hydrogens is 210 g/mol. The van der Waals surface area contributed by atoms with Crippen LogP contribution in [0.25, 0.3) is 11.5 Å². The molecule has 0 unspecified atom stereocenters. The van der Waals surface area contributed by atoms with Gasteiger partial charge in [0.25, 0.3) is 5.89 Å². The summed E-state index contributed by atoms with van der Waals surface area (Å²) in [7, 11) is 0. The van der Waals surface area contributed by atoms with Gasteiger partial charge in [-0.15, -0.1) is 11.3 Å². The number of nitrogens with two attached hydrogens (primary N) is 1. The smallest absolute Gasteiger partial charge is 0.260 e. The molecule has 2 aromatic rings. The minimum absolute atomic E-state index is 0.517. The fourth-order valence-electron chi connectivity index (χ4n) is 1.55. The van der Waals surface area contributed by atoms with Crippen LogP contribution < -0.4 is 5.73 Å². The van der Waals surface area contributed by atoms with E-state index < -0.39 is 0 Å². The van der Waals surface area contributed by atoms with E-state index in [1.807, 2.05) is 13.0 Å². The molecule has 1 aliphatic carbocycles. The molecule has 2 heterocycles. The molecule has 2 N–H and O–H groups in total. The van der Waals surface area contributed by atoms with Gasteiger partial charge in [0.15, 0.2) is 5.82 Å². The average Bonchev–Trinajstić information content (AvgIpc) is 2.83. The van der Waals surface area contributed by atoms with Gasteiger partial charge < -0.3 is 10.3 Å². The van der Waals surface area contributed by atoms with E-state index in [1.165, 1.54) is 12.8 Å².